The standard InChI is InChI=1S/C23H28N2O3/c1-28-21-9-8-17-14-19(7-6-18(17)15-21)23(27)20-4-2-10-24(16-20)12-13-25-11-3-5-22(25)26/h6-9,14-15,20H,2-5,10-13,16H2,1H3/t20-/m1/s1. The zero-order valence-corrected chi connectivity index (χ0v) is 16.5. The molecule has 5 heteroatoms. The molecule has 4 rings (SSSR count). The molecule has 0 aromatic heterocycles. The Hall–Kier alpha value is -2.40. The van der Waals surface area contributed by atoms with Crippen molar-refractivity contribution < 1.29 is 14.3 Å². The highest BCUT2D eigenvalue weighted by Gasteiger charge is 2.28. The van der Waals surface area contributed by atoms with Crippen LogP contribution in [-0.2, 0) is 4.79 Å². The number of hydrogen-bond donors (Lipinski definition) is 0. The predicted octanol–water partition coefficient (Wildman–Crippen LogP) is 3.37. The highest BCUT2D eigenvalue weighted by Crippen LogP contribution is 2.25. The largest absolute Gasteiger partial charge is 0.497 e. The Kier molecular flexibility index (Phi) is 5.62. The van der Waals surface area contributed by atoms with E-state index in [2.05, 4.69) is 4.90 Å². The van der Waals surface area contributed by atoms with E-state index in [1.807, 2.05) is 41.3 Å². The van der Waals surface area contributed by atoms with E-state index in [0.717, 1.165) is 74.1 Å². The van der Waals surface area contributed by atoms with Gasteiger partial charge in [-0.2, -0.15) is 0 Å². The second-order valence-electron chi connectivity index (χ2n) is 7.92. The van der Waals surface area contributed by atoms with Gasteiger partial charge in [0.25, 0.3) is 0 Å². The van der Waals surface area contributed by atoms with Crippen molar-refractivity contribution in [3.63, 3.8) is 0 Å². The highest BCUT2D eigenvalue weighted by molar-refractivity contribution is 6.01. The maximum absolute atomic E-state index is 13.1. The van der Waals surface area contributed by atoms with Crippen LogP contribution in [0.2, 0.25) is 0 Å². The third-order valence-corrected chi connectivity index (χ3v) is 6.07. The highest BCUT2D eigenvalue weighted by atomic mass is 16.5. The SMILES string of the molecule is COc1ccc2cc(C(=O)[C@@H]3CCCN(CCN4CCCC4=O)C3)ccc2c1. The molecule has 0 aliphatic carbocycles. The number of nitrogens with zero attached hydrogens (tertiary/aromatic N) is 2. The molecule has 0 bridgehead atoms. The molecule has 0 saturated carbocycles. The first-order chi connectivity index (χ1) is 13.6. The lowest BCUT2D eigenvalue weighted by Gasteiger charge is -2.33. The van der Waals surface area contributed by atoms with E-state index in [4.69, 9.17) is 4.74 Å². The lowest BCUT2D eigenvalue weighted by molar-refractivity contribution is -0.127. The number of carbonyl (C=O) groups excluding carboxylic acids is 2. The third kappa shape index (κ3) is 4.04. The second-order valence-corrected chi connectivity index (χ2v) is 7.92. The van der Waals surface area contributed by atoms with Crippen molar-refractivity contribution in [3.8, 4) is 5.75 Å². The fourth-order valence-corrected chi connectivity index (χ4v) is 4.41. The van der Waals surface area contributed by atoms with Gasteiger partial charge < -0.3 is 14.5 Å². The van der Waals surface area contributed by atoms with Crippen LogP contribution < -0.4 is 4.74 Å². The van der Waals surface area contributed by atoms with Crippen LogP contribution in [0.4, 0.5) is 0 Å². The number of rotatable bonds is 6. The molecule has 2 heterocycles. The van der Waals surface area contributed by atoms with Gasteiger partial charge in [0, 0.05) is 44.1 Å². The number of likely N-dealkylation sites (tertiary alicyclic amines) is 2. The number of ketones is 1. The van der Waals surface area contributed by atoms with Crippen molar-refractivity contribution in [2.24, 2.45) is 5.92 Å². The van der Waals surface area contributed by atoms with Gasteiger partial charge >= 0.3 is 0 Å². The van der Waals surface area contributed by atoms with Crippen molar-refractivity contribution in [2.75, 3.05) is 39.8 Å². The van der Waals surface area contributed by atoms with Crippen molar-refractivity contribution >= 4 is 22.5 Å². The van der Waals surface area contributed by atoms with Crippen molar-refractivity contribution in [1.29, 1.82) is 0 Å². The minimum absolute atomic E-state index is 0.0405. The first-order valence-corrected chi connectivity index (χ1v) is 10.3. The molecule has 0 N–H and O–H groups in total. The molecule has 2 aromatic rings. The number of piperidine rings is 1. The van der Waals surface area contributed by atoms with Gasteiger partial charge in [-0.05, 0) is 54.8 Å². The summed E-state index contributed by atoms with van der Waals surface area (Å²) < 4.78 is 5.28. The zero-order valence-electron chi connectivity index (χ0n) is 16.5. The number of benzene rings is 2. The van der Waals surface area contributed by atoms with E-state index in [-0.39, 0.29) is 17.6 Å². The molecular weight excluding hydrogens is 352 g/mol. The molecule has 2 aliphatic heterocycles. The summed E-state index contributed by atoms with van der Waals surface area (Å²) in [5.41, 5.74) is 0.791. The van der Waals surface area contributed by atoms with Crippen molar-refractivity contribution in [2.45, 2.75) is 25.7 Å². The summed E-state index contributed by atoms with van der Waals surface area (Å²) >= 11 is 0. The summed E-state index contributed by atoms with van der Waals surface area (Å²) in [7, 11) is 1.66. The van der Waals surface area contributed by atoms with Crippen LogP contribution in [0.15, 0.2) is 36.4 Å². The van der Waals surface area contributed by atoms with E-state index in [9.17, 15) is 9.59 Å². The van der Waals surface area contributed by atoms with E-state index in [1.165, 1.54) is 0 Å². The van der Waals surface area contributed by atoms with E-state index < -0.39 is 0 Å². The van der Waals surface area contributed by atoms with Crippen molar-refractivity contribution in [3.05, 3.63) is 42.0 Å². The molecule has 2 aromatic carbocycles. The first-order valence-electron chi connectivity index (χ1n) is 10.3. The van der Waals surface area contributed by atoms with E-state index in [0.29, 0.717) is 6.42 Å². The Balaban J connectivity index is 1.40. The number of carbonyl (C=O) groups is 2. The first kappa shape index (κ1) is 18.9. The molecule has 2 saturated heterocycles. The predicted molar refractivity (Wildman–Crippen MR) is 110 cm³/mol. The Morgan fingerprint density at radius 1 is 1.07 bits per heavy atom. The lowest BCUT2D eigenvalue weighted by Crippen LogP contribution is -2.43. The lowest BCUT2D eigenvalue weighted by atomic mass is 9.89. The van der Waals surface area contributed by atoms with Gasteiger partial charge in [0.15, 0.2) is 5.78 Å². The number of Topliss-reactive ketones (excluding diaryl/α,β-unsaturated/α-hetero) is 1. The summed E-state index contributed by atoms with van der Waals surface area (Å²) in [5.74, 6) is 1.38. The van der Waals surface area contributed by atoms with E-state index in [1.54, 1.807) is 7.11 Å². The molecule has 1 atom stereocenters. The van der Waals surface area contributed by atoms with Crippen molar-refractivity contribution in [1.82, 2.24) is 9.80 Å². The molecular formula is C23H28N2O3. The third-order valence-electron chi connectivity index (χ3n) is 6.07. The zero-order chi connectivity index (χ0) is 19.5. The molecule has 2 fully saturated rings. The Morgan fingerprint density at radius 2 is 1.89 bits per heavy atom. The molecule has 148 valence electrons. The Bertz CT molecular complexity index is 879. The van der Waals surface area contributed by atoms with Crippen LogP contribution >= 0.6 is 0 Å². The van der Waals surface area contributed by atoms with Gasteiger partial charge in [-0.1, -0.05) is 18.2 Å². The normalized spacial score (nSPS) is 20.7. The number of amides is 1. The molecule has 28 heavy (non-hydrogen) atoms. The quantitative estimate of drug-likeness (QED) is 0.721. The van der Waals surface area contributed by atoms with Gasteiger partial charge in [0.1, 0.15) is 5.75 Å². The minimum Gasteiger partial charge on any atom is -0.497 e. The summed E-state index contributed by atoms with van der Waals surface area (Å²) in [5, 5.41) is 2.14. The van der Waals surface area contributed by atoms with Crippen LogP contribution in [0.25, 0.3) is 10.8 Å². The number of hydrogen-bond acceptors (Lipinski definition) is 4. The molecule has 1 amide bonds. The average Bonchev–Trinajstić information content (AvgIpc) is 3.15. The van der Waals surface area contributed by atoms with Crippen LogP contribution in [0, 0.1) is 5.92 Å². The fraction of sp³-hybridized carbons (Fsp3) is 0.478. The Labute approximate surface area is 166 Å². The average molecular weight is 380 g/mol. The van der Waals surface area contributed by atoms with Crippen LogP contribution in [-0.4, -0.2) is 61.3 Å². The van der Waals surface area contributed by atoms with Crippen LogP contribution in [0.5, 0.6) is 5.75 Å². The Morgan fingerprint density at radius 3 is 2.68 bits per heavy atom. The van der Waals surface area contributed by atoms with Gasteiger partial charge in [-0.15, -0.1) is 0 Å². The summed E-state index contributed by atoms with van der Waals surface area (Å²) in [6.07, 6.45) is 3.65. The molecule has 0 spiro atoms. The maximum atomic E-state index is 13.1. The van der Waals surface area contributed by atoms with E-state index >= 15 is 0 Å². The van der Waals surface area contributed by atoms with Gasteiger partial charge in [-0.25, -0.2) is 0 Å². The number of fused-ring (bicyclic) bond motifs is 1. The van der Waals surface area contributed by atoms with Crippen LogP contribution in [0.3, 0.4) is 0 Å². The fourth-order valence-electron chi connectivity index (χ4n) is 4.41. The van der Waals surface area contributed by atoms with Gasteiger partial charge in [-0.3, -0.25) is 9.59 Å². The second kappa shape index (κ2) is 8.31. The monoisotopic (exact) mass is 380 g/mol. The number of methoxy groups -OCH3 is 1. The maximum Gasteiger partial charge on any atom is 0.222 e. The van der Waals surface area contributed by atoms with Gasteiger partial charge in [0.05, 0.1) is 7.11 Å². The summed E-state index contributed by atoms with van der Waals surface area (Å²) in [6.45, 7) is 4.35. The summed E-state index contributed by atoms with van der Waals surface area (Å²) in [6, 6.07) is 11.9. The van der Waals surface area contributed by atoms with Gasteiger partial charge in [0.2, 0.25) is 5.91 Å². The smallest absolute Gasteiger partial charge is 0.222 e. The minimum atomic E-state index is 0.0405. The topological polar surface area (TPSA) is 49.9 Å². The molecule has 5 nitrogen and oxygen atoms in total. The molecule has 2 aliphatic rings. The summed E-state index contributed by atoms with van der Waals surface area (Å²) in [4.78, 5) is 29.2. The van der Waals surface area contributed by atoms with Crippen LogP contribution in [0.1, 0.15) is 36.0 Å². The molecule has 0 unspecified atom stereocenters. The molecule has 0 radical (unpaired) electrons. The number of ether oxygens (including phenoxy) is 1.